The summed E-state index contributed by atoms with van der Waals surface area (Å²) in [6.07, 6.45) is 2.69. The van der Waals surface area contributed by atoms with Crippen LogP contribution in [0, 0.1) is 5.92 Å². The van der Waals surface area contributed by atoms with Crippen molar-refractivity contribution >= 4 is 9.68 Å². The molecule has 2 unspecified atom stereocenters. The van der Waals surface area contributed by atoms with Crippen molar-refractivity contribution in [2.45, 2.75) is 53.0 Å². The van der Waals surface area contributed by atoms with Crippen LogP contribution in [0.15, 0.2) is 0 Å². The van der Waals surface area contributed by atoms with Gasteiger partial charge in [0.2, 0.25) is 0 Å². The van der Waals surface area contributed by atoms with Crippen LogP contribution in [-0.2, 0) is 0 Å². The molecule has 0 aliphatic rings. The Hall–Kier alpha value is 0.137. The topological polar surface area (TPSA) is 15.3 Å². The Labute approximate surface area is 98.7 Å². The van der Waals surface area contributed by atoms with Gasteiger partial charge in [0.05, 0.1) is 9.68 Å². The third-order valence-electron chi connectivity index (χ3n) is 3.61. The Kier molecular flexibility index (Phi) is 9.45. The zero-order valence-corrected chi connectivity index (χ0v) is 12.8. The molecule has 2 nitrogen and oxygen atoms in total. The Morgan fingerprint density at radius 3 is 2.07 bits per heavy atom. The normalized spacial score (nSPS) is 16.4. The van der Waals surface area contributed by atoms with Crippen molar-refractivity contribution in [3.63, 3.8) is 0 Å². The SMILES string of the molecule is CCC(C)C(CC)[SiH2]NCN(CC)CC. The summed E-state index contributed by atoms with van der Waals surface area (Å²) in [7, 11) is -0.0863. The lowest BCUT2D eigenvalue weighted by molar-refractivity contribution is 0.299. The molecule has 92 valence electrons. The summed E-state index contributed by atoms with van der Waals surface area (Å²) in [4.78, 5) is 6.17. The maximum atomic E-state index is 3.72. The number of rotatable bonds is 9. The number of hydrogen-bond acceptors (Lipinski definition) is 2. The van der Waals surface area contributed by atoms with Crippen LogP contribution >= 0.6 is 0 Å². The van der Waals surface area contributed by atoms with Crippen molar-refractivity contribution in [2.75, 3.05) is 19.8 Å². The van der Waals surface area contributed by atoms with Crippen molar-refractivity contribution in [1.29, 1.82) is 0 Å². The van der Waals surface area contributed by atoms with Crippen molar-refractivity contribution in [3.05, 3.63) is 0 Å². The molecule has 0 fully saturated rings. The first-order chi connectivity index (χ1) is 7.19. The Morgan fingerprint density at radius 2 is 1.67 bits per heavy atom. The Balaban J connectivity index is 3.71. The average molecular weight is 230 g/mol. The predicted molar refractivity (Wildman–Crippen MR) is 73.0 cm³/mol. The van der Waals surface area contributed by atoms with E-state index in [1.54, 1.807) is 0 Å². The highest BCUT2D eigenvalue weighted by atomic mass is 28.2. The van der Waals surface area contributed by atoms with Gasteiger partial charge in [-0.3, -0.25) is 4.90 Å². The van der Waals surface area contributed by atoms with Gasteiger partial charge in [-0.25, -0.2) is 0 Å². The van der Waals surface area contributed by atoms with Crippen LogP contribution in [0.2, 0.25) is 5.54 Å². The predicted octanol–water partition coefficient (Wildman–Crippen LogP) is 2.20. The minimum atomic E-state index is -0.0863. The minimum absolute atomic E-state index is 0.0863. The second kappa shape index (κ2) is 9.37. The second-order valence-electron chi connectivity index (χ2n) is 4.47. The maximum Gasteiger partial charge on any atom is 0.0964 e. The van der Waals surface area contributed by atoms with Gasteiger partial charge in [0.25, 0.3) is 0 Å². The third kappa shape index (κ3) is 6.33. The van der Waals surface area contributed by atoms with Crippen molar-refractivity contribution in [2.24, 2.45) is 5.92 Å². The van der Waals surface area contributed by atoms with Crippen molar-refractivity contribution in [1.82, 2.24) is 9.88 Å². The molecular formula is C12H30N2Si. The maximum absolute atomic E-state index is 3.72. The zero-order chi connectivity index (χ0) is 11.7. The Morgan fingerprint density at radius 1 is 1.07 bits per heavy atom. The fourth-order valence-electron chi connectivity index (χ4n) is 1.94. The first-order valence-corrected chi connectivity index (χ1v) is 8.14. The van der Waals surface area contributed by atoms with E-state index >= 15 is 0 Å². The molecule has 15 heavy (non-hydrogen) atoms. The molecule has 0 aliphatic heterocycles. The molecule has 0 spiro atoms. The van der Waals surface area contributed by atoms with E-state index < -0.39 is 0 Å². The summed E-state index contributed by atoms with van der Waals surface area (Å²) in [6, 6.07) is 0. The monoisotopic (exact) mass is 230 g/mol. The summed E-state index contributed by atoms with van der Waals surface area (Å²) in [6.45, 7) is 15.0. The first kappa shape index (κ1) is 15.1. The quantitative estimate of drug-likeness (QED) is 0.483. The van der Waals surface area contributed by atoms with Gasteiger partial charge in [-0.05, 0) is 24.5 Å². The molecule has 0 saturated heterocycles. The van der Waals surface area contributed by atoms with Crippen LogP contribution in [-0.4, -0.2) is 34.3 Å². The highest BCUT2D eigenvalue weighted by Gasteiger charge is 2.13. The number of hydrogen-bond donors (Lipinski definition) is 1. The molecule has 3 heteroatoms. The highest BCUT2D eigenvalue weighted by Crippen LogP contribution is 2.22. The molecule has 0 saturated carbocycles. The molecule has 2 atom stereocenters. The standard InChI is InChI=1S/C12H30N2Si/c1-6-11(5)12(7-2)15-13-10-14(8-3)9-4/h11-13H,6-10,15H2,1-5H3. The van der Waals surface area contributed by atoms with Crippen LogP contribution in [0.3, 0.4) is 0 Å². The summed E-state index contributed by atoms with van der Waals surface area (Å²) >= 11 is 0. The van der Waals surface area contributed by atoms with Gasteiger partial charge in [-0.2, -0.15) is 0 Å². The summed E-state index contributed by atoms with van der Waals surface area (Å²) < 4.78 is 0. The molecule has 0 radical (unpaired) electrons. The van der Waals surface area contributed by atoms with E-state index in [1.165, 1.54) is 12.8 Å². The molecule has 1 N–H and O–H groups in total. The van der Waals surface area contributed by atoms with Gasteiger partial charge in [0.1, 0.15) is 0 Å². The van der Waals surface area contributed by atoms with E-state index in [4.69, 9.17) is 0 Å². The molecule has 0 aromatic carbocycles. The summed E-state index contributed by atoms with van der Waals surface area (Å²) in [5, 5.41) is 0. The van der Waals surface area contributed by atoms with E-state index in [2.05, 4.69) is 44.5 Å². The molecular weight excluding hydrogens is 200 g/mol. The zero-order valence-electron chi connectivity index (χ0n) is 11.3. The lowest BCUT2D eigenvalue weighted by Gasteiger charge is -2.24. The van der Waals surface area contributed by atoms with E-state index in [0.29, 0.717) is 0 Å². The van der Waals surface area contributed by atoms with Gasteiger partial charge in [-0.15, -0.1) is 0 Å². The third-order valence-corrected chi connectivity index (χ3v) is 6.03. The van der Waals surface area contributed by atoms with Gasteiger partial charge < -0.3 is 4.98 Å². The Bertz CT molecular complexity index is 138. The molecule has 0 aromatic heterocycles. The van der Waals surface area contributed by atoms with Crippen LogP contribution in [0.1, 0.15) is 47.5 Å². The molecule has 0 rings (SSSR count). The molecule has 0 bridgehead atoms. The molecule has 0 aromatic rings. The fourth-order valence-corrected chi connectivity index (χ4v) is 3.78. The summed E-state index contributed by atoms with van der Waals surface area (Å²) in [5.74, 6) is 0.908. The smallest absolute Gasteiger partial charge is 0.0964 e. The lowest BCUT2D eigenvalue weighted by Crippen LogP contribution is -2.38. The molecule has 0 aliphatic carbocycles. The highest BCUT2D eigenvalue weighted by molar-refractivity contribution is 6.34. The number of nitrogens with zero attached hydrogens (tertiary/aromatic N) is 1. The van der Waals surface area contributed by atoms with E-state index in [9.17, 15) is 0 Å². The van der Waals surface area contributed by atoms with Gasteiger partial charge in [-0.1, -0.05) is 47.5 Å². The van der Waals surface area contributed by atoms with Crippen LogP contribution in [0.4, 0.5) is 0 Å². The van der Waals surface area contributed by atoms with Crippen LogP contribution < -0.4 is 4.98 Å². The average Bonchev–Trinajstić information content (AvgIpc) is 2.28. The molecule has 0 amide bonds. The van der Waals surface area contributed by atoms with Crippen LogP contribution in [0.25, 0.3) is 0 Å². The van der Waals surface area contributed by atoms with Crippen molar-refractivity contribution < 1.29 is 0 Å². The first-order valence-electron chi connectivity index (χ1n) is 6.62. The van der Waals surface area contributed by atoms with E-state index in [1.807, 2.05) is 0 Å². The fraction of sp³-hybridized carbons (Fsp3) is 1.00. The minimum Gasteiger partial charge on any atom is -0.330 e. The van der Waals surface area contributed by atoms with E-state index in [-0.39, 0.29) is 9.68 Å². The number of nitrogens with one attached hydrogen (secondary N) is 1. The van der Waals surface area contributed by atoms with Gasteiger partial charge >= 0.3 is 0 Å². The van der Waals surface area contributed by atoms with Gasteiger partial charge in [0.15, 0.2) is 0 Å². The summed E-state index contributed by atoms with van der Waals surface area (Å²) in [5.41, 5.74) is 0.977. The second-order valence-corrected chi connectivity index (χ2v) is 6.43. The van der Waals surface area contributed by atoms with E-state index in [0.717, 1.165) is 31.2 Å². The lowest BCUT2D eigenvalue weighted by atomic mass is 10.0. The van der Waals surface area contributed by atoms with Crippen molar-refractivity contribution in [3.8, 4) is 0 Å². The van der Waals surface area contributed by atoms with Crippen LogP contribution in [0.5, 0.6) is 0 Å². The molecule has 0 heterocycles. The largest absolute Gasteiger partial charge is 0.330 e. The van der Waals surface area contributed by atoms with Gasteiger partial charge in [0, 0.05) is 6.67 Å².